The molecule has 3 aromatic carbocycles. The van der Waals surface area contributed by atoms with Crippen LogP contribution < -0.4 is 9.62 Å². The van der Waals surface area contributed by atoms with Crippen LogP contribution in [-0.4, -0.2) is 43.8 Å². The lowest BCUT2D eigenvalue weighted by Gasteiger charge is -2.32. The summed E-state index contributed by atoms with van der Waals surface area (Å²) in [5.74, 6) is -1.50. The molecule has 0 aliphatic carbocycles. The predicted octanol–water partition coefficient (Wildman–Crippen LogP) is 5.66. The number of rotatable bonds is 11. The van der Waals surface area contributed by atoms with E-state index >= 15 is 0 Å². The molecule has 0 unspecified atom stereocenters. The Morgan fingerprint density at radius 3 is 2.10 bits per heavy atom. The standard InChI is InChI=1S/C28H30Cl2FN3O4S/c1-4-19(2)32-28(36)20(3)33(17-21-10-12-24(31)13-11-21)27(35)18-34(25-15-22(29)14-23(30)16-25)39(37,38)26-8-6-5-7-9-26/h5-16,19-20H,4,17-18H2,1-3H3,(H,32,36)/t19-,20+/m1/s1. The highest BCUT2D eigenvalue weighted by Crippen LogP contribution is 2.30. The van der Waals surface area contributed by atoms with Crippen molar-refractivity contribution in [3.8, 4) is 0 Å². The fourth-order valence-corrected chi connectivity index (χ4v) is 5.70. The van der Waals surface area contributed by atoms with Crippen LogP contribution in [0.3, 0.4) is 0 Å². The maximum absolute atomic E-state index is 13.8. The van der Waals surface area contributed by atoms with Crippen LogP contribution in [0.4, 0.5) is 10.1 Å². The van der Waals surface area contributed by atoms with Crippen LogP contribution in [0.5, 0.6) is 0 Å². The highest BCUT2D eigenvalue weighted by molar-refractivity contribution is 7.92. The van der Waals surface area contributed by atoms with Gasteiger partial charge in [-0.25, -0.2) is 12.8 Å². The molecule has 0 saturated heterocycles. The van der Waals surface area contributed by atoms with Gasteiger partial charge in [-0.15, -0.1) is 0 Å². The topological polar surface area (TPSA) is 86.8 Å². The summed E-state index contributed by atoms with van der Waals surface area (Å²) < 4.78 is 41.9. The quantitative estimate of drug-likeness (QED) is 0.311. The summed E-state index contributed by atoms with van der Waals surface area (Å²) >= 11 is 12.4. The Morgan fingerprint density at radius 2 is 1.54 bits per heavy atom. The lowest BCUT2D eigenvalue weighted by molar-refractivity contribution is -0.139. The number of hydrogen-bond acceptors (Lipinski definition) is 4. The molecule has 0 heterocycles. The third-order valence-corrected chi connectivity index (χ3v) is 8.40. The monoisotopic (exact) mass is 593 g/mol. The molecule has 208 valence electrons. The Labute approximate surface area is 238 Å². The van der Waals surface area contributed by atoms with Gasteiger partial charge in [0.15, 0.2) is 0 Å². The summed E-state index contributed by atoms with van der Waals surface area (Å²) in [5, 5.41) is 3.22. The van der Waals surface area contributed by atoms with Crippen molar-refractivity contribution in [3.05, 3.63) is 94.2 Å². The van der Waals surface area contributed by atoms with Crippen LogP contribution in [0.2, 0.25) is 10.0 Å². The molecule has 0 aromatic heterocycles. The maximum Gasteiger partial charge on any atom is 0.264 e. The van der Waals surface area contributed by atoms with Crippen LogP contribution in [0.25, 0.3) is 0 Å². The molecule has 11 heteroatoms. The van der Waals surface area contributed by atoms with Crippen LogP contribution in [0, 0.1) is 5.82 Å². The van der Waals surface area contributed by atoms with E-state index in [0.29, 0.717) is 12.0 Å². The lowest BCUT2D eigenvalue weighted by atomic mass is 10.1. The summed E-state index contributed by atoms with van der Waals surface area (Å²) in [4.78, 5) is 28.1. The SMILES string of the molecule is CC[C@@H](C)NC(=O)[C@H](C)N(Cc1ccc(F)cc1)C(=O)CN(c1cc(Cl)cc(Cl)c1)S(=O)(=O)c1ccccc1. The van der Waals surface area contributed by atoms with Gasteiger partial charge in [0, 0.05) is 22.6 Å². The smallest absolute Gasteiger partial charge is 0.264 e. The third-order valence-electron chi connectivity index (χ3n) is 6.18. The van der Waals surface area contributed by atoms with Crippen LogP contribution in [-0.2, 0) is 26.2 Å². The summed E-state index contributed by atoms with van der Waals surface area (Å²) in [6, 6.07) is 16.3. The van der Waals surface area contributed by atoms with E-state index in [0.717, 1.165) is 4.31 Å². The van der Waals surface area contributed by atoms with Gasteiger partial charge in [0.2, 0.25) is 11.8 Å². The Balaban J connectivity index is 2.04. The molecule has 0 radical (unpaired) electrons. The fourth-order valence-electron chi connectivity index (χ4n) is 3.77. The van der Waals surface area contributed by atoms with Gasteiger partial charge in [-0.2, -0.15) is 0 Å². The summed E-state index contributed by atoms with van der Waals surface area (Å²) in [6.45, 7) is 4.62. The van der Waals surface area contributed by atoms with Crippen molar-refractivity contribution in [2.24, 2.45) is 0 Å². The molecule has 3 aromatic rings. The molecule has 39 heavy (non-hydrogen) atoms. The Morgan fingerprint density at radius 1 is 0.949 bits per heavy atom. The molecule has 0 fully saturated rings. The van der Waals surface area contributed by atoms with Crippen molar-refractivity contribution < 1.29 is 22.4 Å². The second-order valence-corrected chi connectivity index (χ2v) is 11.8. The van der Waals surface area contributed by atoms with Crippen molar-refractivity contribution in [2.75, 3.05) is 10.8 Å². The van der Waals surface area contributed by atoms with Crippen molar-refractivity contribution in [1.82, 2.24) is 10.2 Å². The first-order valence-corrected chi connectivity index (χ1v) is 14.5. The van der Waals surface area contributed by atoms with E-state index in [1.165, 1.54) is 59.5 Å². The van der Waals surface area contributed by atoms with Gasteiger partial charge in [0.05, 0.1) is 10.6 Å². The van der Waals surface area contributed by atoms with Crippen LogP contribution >= 0.6 is 23.2 Å². The van der Waals surface area contributed by atoms with Crippen LogP contribution in [0.1, 0.15) is 32.8 Å². The van der Waals surface area contributed by atoms with Crippen molar-refractivity contribution in [1.29, 1.82) is 0 Å². The molecular formula is C28H30Cl2FN3O4S. The third kappa shape index (κ3) is 7.94. The Hall–Kier alpha value is -3.14. The molecule has 0 bridgehead atoms. The predicted molar refractivity (Wildman–Crippen MR) is 152 cm³/mol. The number of anilines is 1. The number of carbonyl (C=O) groups is 2. The average Bonchev–Trinajstić information content (AvgIpc) is 2.90. The number of nitrogens with zero attached hydrogens (tertiary/aromatic N) is 2. The van der Waals surface area contributed by atoms with E-state index in [2.05, 4.69) is 5.32 Å². The van der Waals surface area contributed by atoms with E-state index in [-0.39, 0.29) is 33.2 Å². The molecule has 2 amide bonds. The molecule has 0 aliphatic rings. The second-order valence-electron chi connectivity index (χ2n) is 9.09. The van der Waals surface area contributed by atoms with Crippen molar-refractivity contribution >= 4 is 50.7 Å². The maximum atomic E-state index is 13.8. The molecule has 0 saturated carbocycles. The molecule has 2 atom stereocenters. The van der Waals surface area contributed by atoms with E-state index in [9.17, 15) is 22.4 Å². The highest BCUT2D eigenvalue weighted by Gasteiger charge is 2.33. The van der Waals surface area contributed by atoms with Gasteiger partial charge in [-0.05, 0) is 68.3 Å². The van der Waals surface area contributed by atoms with Crippen molar-refractivity contribution in [3.63, 3.8) is 0 Å². The van der Waals surface area contributed by atoms with Gasteiger partial charge in [-0.3, -0.25) is 13.9 Å². The fraction of sp³-hybridized carbons (Fsp3) is 0.286. The van der Waals surface area contributed by atoms with E-state index in [1.807, 2.05) is 13.8 Å². The zero-order valence-electron chi connectivity index (χ0n) is 21.8. The van der Waals surface area contributed by atoms with Gasteiger partial charge in [0.25, 0.3) is 10.0 Å². The van der Waals surface area contributed by atoms with E-state index in [1.54, 1.807) is 25.1 Å². The zero-order valence-corrected chi connectivity index (χ0v) is 24.1. The van der Waals surface area contributed by atoms with E-state index in [4.69, 9.17) is 23.2 Å². The molecule has 0 aliphatic heterocycles. The summed E-state index contributed by atoms with van der Waals surface area (Å²) in [7, 11) is -4.25. The minimum Gasteiger partial charge on any atom is -0.352 e. The van der Waals surface area contributed by atoms with E-state index < -0.39 is 40.2 Å². The molecule has 3 rings (SSSR count). The first kappa shape index (κ1) is 30.4. The normalized spacial score (nSPS) is 12.9. The zero-order chi connectivity index (χ0) is 28.7. The minimum atomic E-state index is -4.25. The number of nitrogens with one attached hydrogen (secondary N) is 1. The summed E-state index contributed by atoms with van der Waals surface area (Å²) in [6.07, 6.45) is 0.684. The summed E-state index contributed by atoms with van der Waals surface area (Å²) in [5.41, 5.74) is 0.652. The Bertz CT molecular complexity index is 1390. The molecule has 1 N–H and O–H groups in total. The number of halogens is 3. The molecule has 0 spiro atoms. The number of amides is 2. The molecular weight excluding hydrogens is 564 g/mol. The lowest BCUT2D eigenvalue weighted by Crippen LogP contribution is -2.52. The van der Waals surface area contributed by atoms with Gasteiger partial charge in [-0.1, -0.05) is 60.5 Å². The minimum absolute atomic E-state index is 0.0402. The van der Waals surface area contributed by atoms with Gasteiger partial charge >= 0.3 is 0 Å². The first-order chi connectivity index (χ1) is 18.4. The second kappa shape index (κ2) is 13.3. The number of hydrogen-bond donors (Lipinski definition) is 1. The highest BCUT2D eigenvalue weighted by atomic mass is 35.5. The van der Waals surface area contributed by atoms with Crippen molar-refractivity contribution in [2.45, 2.75) is 50.7 Å². The number of benzene rings is 3. The van der Waals surface area contributed by atoms with Crippen LogP contribution in [0.15, 0.2) is 77.7 Å². The number of sulfonamides is 1. The molecule has 7 nitrogen and oxygen atoms in total. The van der Waals surface area contributed by atoms with Gasteiger partial charge in [0.1, 0.15) is 18.4 Å². The van der Waals surface area contributed by atoms with Gasteiger partial charge < -0.3 is 10.2 Å². The largest absolute Gasteiger partial charge is 0.352 e. The Kier molecular flexibility index (Phi) is 10.4. The average molecular weight is 595 g/mol. The first-order valence-electron chi connectivity index (χ1n) is 12.3. The number of carbonyl (C=O) groups excluding carboxylic acids is 2.